The minimum absolute atomic E-state index is 0.128. The lowest BCUT2D eigenvalue weighted by atomic mass is 9.82. The van der Waals surface area contributed by atoms with Crippen molar-refractivity contribution in [1.82, 2.24) is 4.90 Å². The second-order valence-electron chi connectivity index (χ2n) is 6.11. The predicted octanol–water partition coefficient (Wildman–Crippen LogP) is 2.39. The van der Waals surface area contributed by atoms with Crippen molar-refractivity contribution in [3.8, 4) is 0 Å². The number of thiophene rings is 1. The molecule has 2 unspecified atom stereocenters. The predicted molar refractivity (Wildman–Crippen MR) is 76.3 cm³/mol. The Kier molecular flexibility index (Phi) is 3.39. The molecule has 2 saturated carbocycles. The quantitative estimate of drug-likeness (QED) is 0.919. The monoisotopic (exact) mass is 279 g/mol. The Morgan fingerprint density at radius 2 is 2.16 bits per heavy atom. The Morgan fingerprint density at radius 1 is 1.42 bits per heavy atom. The summed E-state index contributed by atoms with van der Waals surface area (Å²) < 4.78 is 0. The highest BCUT2D eigenvalue weighted by atomic mass is 32.1. The highest BCUT2D eigenvalue weighted by molar-refractivity contribution is 7.12. The van der Waals surface area contributed by atoms with Gasteiger partial charge in [-0.2, -0.15) is 0 Å². The first kappa shape index (κ1) is 13.1. The van der Waals surface area contributed by atoms with Gasteiger partial charge >= 0.3 is 0 Å². The van der Waals surface area contributed by atoms with Crippen LogP contribution in [-0.2, 0) is 4.79 Å². The topological polar surface area (TPSA) is 40.5 Å². The van der Waals surface area contributed by atoms with Crippen molar-refractivity contribution in [2.75, 3.05) is 13.6 Å². The van der Waals surface area contributed by atoms with Gasteiger partial charge in [0.1, 0.15) is 0 Å². The van der Waals surface area contributed by atoms with Crippen LogP contribution in [0.15, 0.2) is 12.1 Å². The van der Waals surface area contributed by atoms with E-state index < -0.39 is 0 Å². The molecular weight excluding hydrogens is 258 g/mol. The van der Waals surface area contributed by atoms with Gasteiger partial charge in [-0.3, -0.25) is 4.79 Å². The van der Waals surface area contributed by atoms with Crippen LogP contribution in [0.4, 0.5) is 0 Å². The van der Waals surface area contributed by atoms with Gasteiger partial charge < -0.3 is 10.0 Å². The van der Waals surface area contributed by atoms with Crippen molar-refractivity contribution < 1.29 is 9.90 Å². The van der Waals surface area contributed by atoms with Gasteiger partial charge in [0.25, 0.3) is 0 Å². The van der Waals surface area contributed by atoms with E-state index in [4.69, 9.17) is 0 Å². The smallest absolute Gasteiger partial charge is 0.226 e. The molecule has 1 aromatic rings. The van der Waals surface area contributed by atoms with Crippen LogP contribution >= 0.6 is 11.3 Å². The fourth-order valence-electron chi connectivity index (χ4n) is 3.05. The van der Waals surface area contributed by atoms with Crippen molar-refractivity contribution >= 4 is 17.2 Å². The molecule has 2 fully saturated rings. The van der Waals surface area contributed by atoms with Gasteiger partial charge in [0.15, 0.2) is 0 Å². The van der Waals surface area contributed by atoms with Gasteiger partial charge in [-0.25, -0.2) is 0 Å². The zero-order valence-electron chi connectivity index (χ0n) is 11.5. The lowest BCUT2D eigenvalue weighted by molar-refractivity contribution is -0.133. The van der Waals surface area contributed by atoms with E-state index in [9.17, 15) is 9.90 Å². The Morgan fingerprint density at radius 3 is 2.74 bits per heavy atom. The van der Waals surface area contributed by atoms with E-state index in [-0.39, 0.29) is 17.9 Å². The molecule has 0 bridgehead atoms. The van der Waals surface area contributed by atoms with Gasteiger partial charge in [0.05, 0.1) is 6.10 Å². The molecule has 0 saturated heterocycles. The van der Waals surface area contributed by atoms with E-state index in [0.717, 1.165) is 25.8 Å². The summed E-state index contributed by atoms with van der Waals surface area (Å²) in [5.74, 6) is 1.45. The second kappa shape index (κ2) is 4.91. The first-order valence-corrected chi connectivity index (χ1v) is 7.85. The summed E-state index contributed by atoms with van der Waals surface area (Å²) in [4.78, 5) is 16.9. The largest absolute Gasteiger partial charge is 0.393 e. The van der Waals surface area contributed by atoms with Gasteiger partial charge in [0, 0.05) is 35.2 Å². The molecule has 2 aliphatic carbocycles. The maximum absolute atomic E-state index is 12.3. The summed E-state index contributed by atoms with van der Waals surface area (Å²) in [5, 5.41) is 9.28. The van der Waals surface area contributed by atoms with Crippen molar-refractivity contribution in [2.45, 2.75) is 38.2 Å². The summed E-state index contributed by atoms with van der Waals surface area (Å²) >= 11 is 1.82. The molecule has 1 aromatic heterocycles. The third kappa shape index (κ3) is 2.70. The fraction of sp³-hybridized carbons (Fsp3) is 0.667. The minimum Gasteiger partial charge on any atom is -0.393 e. The number of hydrogen-bond donors (Lipinski definition) is 1. The maximum Gasteiger partial charge on any atom is 0.226 e. The Labute approximate surface area is 118 Å². The van der Waals surface area contributed by atoms with Gasteiger partial charge in [-0.05, 0) is 44.2 Å². The Hall–Kier alpha value is -0.870. The van der Waals surface area contributed by atoms with Crippen LogP contribution in [0.25, 0.3) is 0 Å². The van der Waals surface area contributed by atoms with Crippen molar-refractivity contribution in [3.63, 3.8) is 0 Å². The molecule has 2 aliphatic rings. The molecule has 0 aliphatic heterocycles. The first-order valence-electron chi connectivity index (χ1n) is 7.04. The lowest BCUT2D eigenvalue weighted by Crippen LogP contribution is -2.40. The molecule has 1 N–H and O–H groups in total. The third-order valence-electron chi connectivity index (χ3n) is 4.35. The summed E-state index contributed by atoms with van der Waals surface area (Å²) in [7, 11) is 1.90. The number of aliphatic hydroxyl groups excluding tert-OH is 1. The fourth-order valence-corrected chi connectivity index (χ4v) is 4.10. The molecule has 0 aromatic carbocycles. The molecule has 0 radical (unpaired) electrons. The zero-order valence-corrected chi connectivity index (χ0v) is 12.3. The highest BCUT2D eigenvalue weighted by Crippen LogP contribution is 2.50. The molecule has 0 spiro atoms. The number of carbonyl (C=O) groups excluding carboxylic acids is 1. The van der Waals surface area contributed by atoms with Crippen molar-refractivity contribution in [3.05, 3.63) is 21.9 Å². The van der Waals surface area contributed by atoms with E-state index >= 15 is 0 Å². The lowest BCUT2D eigenvalue weighted by Gasteiger charge is -2.34. The normalized spacial score (nSPS) is 32.8. The summed E-state index contributed by atoms with van der Waals surface area (Å²) in [6.45, 7) is 2.92. The van der Waals surface area contributed by atoms with Crippen LogP contribution in [0.2, 0.25) is 0 Å². The summed E-state index contributed by atoms with van der Waals surface area (Å²) in [6, 6.07) is 4.31. The van der Waals surface area contributed by atoms with Crippen LogP contribution in [0.1, 0.15) is 34.9 Å². The average molecular weight is 279 g/mol. The molecular formula is C15H21NO2S. The molecule has 2 atom stereocenters. The molecule has 1 amide bonds. The van der Waals surface area contributed by atoms with E-state index in [1.165, 1.54) is 9.75 Å². The van der Waals surface area contributed by atoms with E-state index in [1.54, 1.807) is 0 Å². The summed E-state index contributed by atoms with van der Waals surface area (Å²) in [6.07, 6.45) is 2.60. The van der Waals surface area contributed by atoms with Crippen LogP contribution in [-0.4, -0.2) is 35.6 Å². The number of amides is 1. The van der Waals surface area contributed by atoms with Crippen molar-refractivity contribution in [2.24, 2.45) is 11.8 Å². The Bertz CT molecular complexity index is 478. The van der Waals surface area contributed by atoms with Gasteiger partial charge in [-0.1, -0.05) is 0 Å². The zero-order chi connectivity index (χ0) is 13.6. The van der Waals surface area contributed by atoms with Crippen LogP contribution in [0.5, 0.6) is 0 Å². The molecule has 1 heterocycles. The van der Waals surface area contributed by atoms with Crippen molar-refractivity contribution in [1.29, 1.82) is 0 Å². The van der Waals surface area contributed by atoms with E-state index in [0.29, 0.717) is 11.8 Å². The number of aryl methyl sites for hydroxylation is 1. The molecule has 4 heteroatoms. The molecule has 19 heavy (non-hydrogen) atoms. The number of nitrogens with zero attached hydrogens (tertiary/aromatic N) is 1. The SMILES string of the molecule is Cc1ccc(C2CC2C(=O)N(C)CC2CC(O)C2)s1. The molecule has 3 rings (SSSR count). The molecule has 3 nitrogen and oxygen atoms in total. The standard InChI is InChI=1S/C15H21NO2S/c1-9-3-4-14(19-9)12-7-13(12)15(18)16(2)8-10-5-11(17)6-10/h3-4,10-13,17H,5-8H2,1-2H3. The second-order valence-corrected chi connectivity index (χ2v) is 7.43. The Balaban J connectivity index is 1.51. The van der Waals surface area contributed by atoms with Gasteiger partial charge in [0.2, 0.25) is 5.91 Å². The maximum atomic E-state index is 12.3. The number of aliphatic hydroxyl groups is 1. The third-order valence-corrected chi connectivity index (χ3v) is 5.49. The van der Waals surface area contributed by atoms with Crippen LogP contribution in [0.3, 0.4) is 0 Å². The van der Waals surface area contributed by atoms with Crippen LogP contribution < -0.4 is 0 Å². The van der Waals surface area contributed by atoms with Crippen LogP contribution in [0, 0.1) is 18.8 Å². The highest BCUT2D eigenvalue weighted by Gasteiger charge is 2.46. The van der Waals surface area contributed by atoms with Gasteiger partial charge in [-0.15, -0.1) is 11.3 Å². The first-order chi connectivity index (χ1) is 9.04. The summed E-state index contributed by atoms with van der Waals surface area (Å²) in [5.41, 5.74) is 0. The van der Waals surface area contributed by atoms with E-state index in [2.05, 4.69) is 19.1 Å². The average Bonchev–Trinajstić information content (AvgIpc) is 3.02. The minimum atomic E-state index is -0.128. The molecule has 104 valence electrons. The number of carbonyl (C=O) groups is 1. The van der Waals surface area contributed by atoms with E-state index in [1.807, 2.05) is 23.3 Å². The number of rotatable bonds is 4. The number of hydrogen-bond acceptors (Lipinski definition) is 3.